The highest BCUT2D eigenvalue weighted by Crippen LogP contribution is 2.04. The van der Waals surface area contributed by atoms with E-state index in [1.54, 1.807) is 17.8 Å². The van der Waals surface area contributed by atoms with Gasteiger partial charge in [-0.2, -0.15) is 5.10 Å². The third-order valence-corrected chi connectivity index (χ3v) is 2.11. The molecule has 0 bridgehead atoms. The molecule has 14 heavy (non-hydrogen) atoms. The second-order valence-corrected chi connectivity index (χ2v) is 3.40. The summed E-state index contributed by atoms with van der Waals surface area (Å²) in [6, 6.07) is -0.469. The number of hydrogen-bond donors (Lipinski definition) is 2. The maximum Gasteiger partial charge on any atom is 0.236 e. The Kier molecular flexibility index (Phi) is 3.24. The topological polar surface area (TPSA) is 72.9 Å². The average molecular weight is 196 g/mol. The summed E-state index contributed by atoms with van der Waals surface area (Å²) in [7, 11) is 1.85. The van der Waals surface area contributed by atoms with Gasteiger partial charge in [0.2, 0.25) is 5.91 Å². The minimum absolute atomic E-state index is 0.148. The first-order valence-electron chi connectivity index (χ1n) is 4.53. The second kappa shape index (κ2) is 4.23. The first kappa shape index (κ1) is 10.7. The summed E-state index contributed by atoms with van der Waals surface area (Å²) in [5, 5.41) is 6.81. The molecular formula is C9H16N4O. The normalized spacial score (nSPS) is 12.6. The Bertz CT molecular complexity index is 310. The van der Waals surface area contributed by atoms with Crippen LogP contribution in [-0.2, 0) is 18.4 Å². The molecule has 0 aromatic carbocycles. The van der Waals surface area contributed by atoms with Gasteiger partial charge in [-0.25, -0.2) is 0 Å². The Labute approximate surface area is 83.3 Å². The Morgan fingerprint density at radius 2 is 2.43 bits per heavy atom. The number of aromatic nitrogens is 2. The van der Waals surface area contributed by atoms with Gasteiger partial charge in [-0.15, -0.1) is 0 Å². The van der Waals surface area contributed by atoms with Crippen LogP contribution in [0.1, 0.15) is 18.2 Å². The molecule has 5 nitrogen and oxygen atoms in total. The molecule has 1 aromatic rings. The minimum Gasteiger partial charge on any atom is -0.349 e. The molecule has 0 aliphatic heterocycles. The van der Waals surface area contributed by atoms with Crippen molar-refractivity contribution in [1.82, 2.24) is 15.1 Å². The molecule has 0 radical (unpaired) electrons. The van der Waals surface area contributed by atoms with Crippen molar-refractivity contribution in [3.8, 4) is 0 Å². The van der Waals surface area contributed by atoms with Crippen LogP contribution in [0.5, 0.6) is 0 Å². The minimum atomic E-state index is -0.469. The van der Waals surface area contributed by atoms with Gasteiger partial charge in [0.25, 0.3) is 0 Å². The third-order valence-electron chi connectivity index (χ3n) is 2.11. The van der Waals surface area contributed by atoms with E-state index in [0.29, 0.717) is 6.54 Å². The van der Waals surface area contributed by atoms with Crippen molar-refractivity contribution in [1.29, 1.82) is 0 Å². The lowest BCUT2D eigenvalue weighted by molar-refractivity contribution is -0.122. The van der Waals surface area contributed by atoms with Gasteiger partial charge in [-0.1, -0.05) is 0 Å². The van der Waals surface area contributed by atoms with Crippen LogP contribution in [-0.4, -0.2) is 21.7 Å². The van der Waals surface area contributed by atoms with Gasteiger partial charge < -0.3 is 11.1 Å². The highest BCUT2D eigenvalue weighted by Gasteiger charge is 2.09. The first-order chi connectivity index (χ1) is 6.52. The molecule has 1 rings (SSSR count). The third kappa shape index (κ3) is 2.32. The lowest BCUT2D eigenvalue weighted by Crippen LogP contribution is -2.38. The Hall–Kier alpha value is -1.36. The molecule has 0 spiro atoms. The van der Waals surface area contributed by atoms with E-state index in [1.165, 1.54) is 0 Å². The van der Waals surface area contributed by atoms with Crippen LogP contribution in [0.2, 0.25) is 0 Å². The summed E-state index contributed by atoms with van der Waals surface area (Å²) in [4.78, 5) is 11.2. The van der Waals surface area contributed by atoms with Crippen LogP contribution >= 0.6 is 0 Å². The standard InChI is InChI=1S/C9H16N4O/c1-6-4-12-13(3)8(6)5-11-9(14)7(2)10/h4,7H,5,10H2,1-3H3,(H,11,14)/t7-/m0/s1. The number of aryl methyl sites for hydroxylation is 2. The number of nitrogens with one attached hydrogen (secondary N) is 1. The lowest BCUT2D eigenvalue weighted by atomic mass is 10.2. The fraction of sp³-hybridized carbons (Fsp3) is 0.556. The molecular weight excluding hydrogens is 180 g/mol. The van der Waals surface area contributed by atoms with E-state index in [1.807, 2.05) is 14.0 Å². The molecule has 0 saturated carbocycles. The number of nitrogens with two attached hydrogens (primary N) is 1. The predicted octanol–water partition coefficient (Wildman–Crippen LogP) is -0.308. The van der Waals surface area contributed by atoms with Gasteiger partial charge in [0.05, 0.1) is 24.5 Å². The number of hydrogen-bond acceptors (Lipinski definition) is 3. The monoisotopic (exact) mass is 196 g/mol. The van der Waals surface area contributed by atoms with E-state index >= 15 is 0 Å². The highest BCUT2D eigenvalue weighted by molar-refractivity contribution is 5.80. The van der Waals surface area contributed by atoms with Gasteiger partial charge in [0.1, 0.15) is 0 Å². The Morgan fingerprint density at radius 1 is 1.79 bits per heavy atom. The molecule has 1 amide bonds. The van der Waals surface area contributed by atoms with Crippen molar-refractivity contribution in [3.63, 3.8) is 0 Å². The summed E-state index contributed by atoms with van der Waals surface area (Å²) in [5.41, 5.74) is 7.48. The molecule has 1 atom stereocenters. The van der Waals surface area contributed by atoms with E-state index in [9.17, 15) is 4.79 Å². The largest absolute Gasteiger partial charge is 0.349 e. The molecule has 0 aliphatic carbocycles. The molecule has 1 aromatic heterocycles. The first-order valence-corrected chi connectivity index (χ1v) is 4.53. The van der Waals surface area contributed by atoms with E-state index in [0.717, 1.165) is 11.3 Å². The molecule has 1 heterocycles. The molecule has 0 unspecified atom stereocenters. The van der Waals surface area contributed by atoms with Crippen molar-refractivity contribution < 1.29 is 4.79 Å². The SMILES string of the molecule is Cc1cnn(C)c1CNC(=O)[C@H](C)N. The molecule has 3 N–H and O–H groups in total. The zero-order valence-corrected chi connectivity index (χ0v) is 8.74. The number of nitrogens with zero attached hydrogens (tertiary/aromatic N) is 2. The van der Waals surface area contributed by atoms with Crippen LogP contribution in [0, 0.1) is 6.92 Å². The highest BCUT2D eigenvalue weighted by atomic mass is 16.2. The van der Waals surface area contributed by atoms with Crippen molar-refractivity contribution in [3.05, 3.63) is 17.5 Å². The van der Waals surface area contributed by atoms with Crippen LogP contribution in [0.3, 0.4) is 0 Å². The van der Waals surface area contributed by atoms with Gasteiger partial charge in [0, 0.05) is 7.05 Å². The van der Waals surface area contributed by atoms with Gasteiger partial charge in [-0.05, 0) is 19.4 Å². The van der Waals surface area contributed by atoms with Crippen LogP contribution < -0.4 is 11.1 Å². The smallest absolute Gasteiger partial charge is 0.236 e. The molecule has 0 fully saturated rings. The molecule has 0 aliphatic rings. The summed E-state index contributed by atoms with van der Waals surface area (Å²) in [6.45, 7) is 4.09. The fourth-order valence-electron chi connectivity index (χ4n) is 1.16. The zero-order valence-electron chi connectivity index (χ0n) is 8.74. The zero-order chi connectivity index (χ0) is 10.7. The van der Waals surface area contributed by atoms with E-state index in [2.05, 4.69) is 10.4 Å². The van der Waals surface area contributed by atoms with Crippen LogP contribution in [0.4, 0.5) is 0 Å². The quantitative estimate of drug-likeness (QED) is 0.696. The van der Waals surface area contributed by atoms with Crippen LogP contribution in [0.15, 0.2) is 6.20 Å². The molecule has 5 heteroatoms. The van der Waals surface area contributed by atoms with Crippen molar-refractivity contribution in [2.75, 3.05) is 0 Å². The fourth-order valence-corrected chi connectivity index (χ4v) is 1.16. The predicted molar refractivity (Wildman–Crippen MR) is 53.4 cm³/mol. The lowest BCUT2D eigenvalue weighted by Gasteiger charge is -2.08. The number of rotatable bonds is 3. The van der Waals surface area contributed by atoms with Gasteiger partial charge in [-0.3, -0.25) is 9.48 Å². The Balaban J connectivity index is 2.58. The maximum absolute atomic E-state index is 11.2. The Morgan fingerprint density at radius 3 is 2.86 bits per heavy atom. The number of carbonyl (C=O) groups is 1. The van der Waals surface area contributed by atoms with Crippen LogP contribution in [0.25, 0.3) is 0 Å². The maximum atomic E-state index is 11.2. The summed E-state index contributed by atoms with van der Waals surface area (Å²) >= 11 is 0. The molecule has 78 valence electrons. The number of amides is 1. The summed E-state index contributed by atoms with van der Waals surface area (Å²) < 4.78 is 1.75. The van der Waals surface area contributed by atoms with E-state index in [4.69, 9.17) is 5.73 Å². The van der Waals surface area contributed by atoms with Crippen molar-refractivity contribution in [2.24, 2.45) is 12.8 Å². The summed E-state index contributed by atoms with van der Waals surface area (Å²) in [6.07, 6.45) is 1.77. The van der Waals surface area contributed by atoms with Crippen molar-refractivity contribution in [2.45, 2.75) is 26.4 Å². The summed E-state index contributed by atoms with van der Waals surface area (Å²) in [5.74, 6) is -0.148. The van der Waals surface area contributed by atoms with E-state index in [-0.39, 0.29) is 5.91 Å². The van der Waals surface area contributed by atoms with Gasteiger partial charge >= 0.3 is 0 Å². The second-order valence-electron chi connectivity index (χ2n) is 3.40. The molecule has 0 saturated heterocycles. The van der Waals surface area contributed by atoms with Gasteiger partial charge in [0.15, 0.2) is 0 Å². The van der Waals surface area contributed by atoms with E-state index < -0.39 is 6.04 Å². The number of carbonyl (C=O) groups excluding carboxylic acids is 1. The van der Waals surface area contributed by atoms with Crippen molar-refractivity contribution >= 4 is 5.91 Å². The average Bonchev–Trinajstić information content (AvgIpc) is 2.43.